The molecule has 3 heteroatoms. The second kappa shape index (κ2) is 10.9. The Bertz CT molecular complexity index is 908. The molecule has 0 atom stereocenters. The molecular formula is C26H29O2P. The van der Waals surface area contributed by atoms with Gasteiger partial charge < -0.3 is 4.52 Å². The van der Waals surface area contributed by atoms with E-state index in [1.165, 1.54) is 47.9 Å². The number of benzene rings is 3. The highest BCUT2D eigenvalue weighted by atomic mass is 31.1. The average Bonchev–Trinajstić information content (AvgIpc) is 2.77. The smallest absolute Gasteiger partial charge is 0.395 e. The molecule has 0 saturated carbocycles. The van der Waals surface area contributed by atoms with Gasteiger partial charge in [-0.1, -0.05) is 81.3 Å². The largest absolute Gasteiger partial charge is 0.408 e. The predicted octanol–water partition coefficient (Wildman–Crippen LogP) is 8.29. The monoisotopic (exact) mass is 404 g/mol. The Morgan fingerprint density at radius 3 is 2.00 bits per heavy atom. The summed E-state index contributed by atoms with van der Waals surface area (Å²) < 4.78 is 16.3. The van der Waals surface area contributed by atoms with Crippen molar-refractivity contribution >= 4 is 8.69 Å². The van der Waals surface area contributed by atoms with Crippen LogP contribution in [0, 0.1) is 0 Å². The second-order valence-corrected chi connectivity index (χ2v) is 7.73. The molecule has 3 rings (SSSR count). The van der Waals surface area contributed by atoms with Crippen LogP contribution in [-0.4, -0.2) is 0 Å². The van der Waals surface area contributed by atoms with Crippen molar-refractivity contribution in [3.63, 3.8) is 0 Å². The van der Waals surface area contributed by atoms with Gasteiger partial charge in [-0.3, -0.25) is 0 Å². The third kappa shape index (κ3) is 5.34. The highest BCUT2D eigenvalue weighted by Gasteiger charge is 2.16. The first-order chi connectivity index (χ1) is 14.3. The van der Waals surface area contributed by atoms with E-state index in [-0.39, 0.29) is 8.69 Å². The first-order valence-corrected chi connectivity index (χ1v) is 11.3. The minimum Gasteiger partial charge on any atom is -0.408 e. The summed E-state index contributed by atoms with van der Waals surface area (Å²) in [6, 6.07) is 23.2. The van der Waals surface area contributed by atoms with E-state index in [2.05, 4.69) is 62.4 Å². The van der Waals surface area contributed by atoms with Crippen LogP contribution in [-0.2, 0) is 17.4 Å². The van der Waals surface area contributed by atoms with Crippen molar-refractivity contribution < 1.29 is 9.09 Å². The maximum Gasteiger partial charge on any atom is 0.395 e. The van der Waals surface area contributed by atoms with Crippen molar-refractivity contribution in [1.82, 2.24) is 0 Å². The van der Waals surface area contributed by atoms with Gasteiger partial charge >= 0.3 is 8.69 Å². The lowest BCUT2D eigenvalue weighted by Gasteiger charge is -2.19. The summed E-state index contributed by atoms with van der Waals surface area (Å²) in [5.41, 5.74) is 7.67. The maximum atomic E-state index is 11.0. The zero-order valence-electron chi connectivity index (χ0n) is 17.4. The molecule has 0 saturated heterocycles. The van der Waals surface area contributed by atoms with Gasteiger partial charge in [-0.2, -0.15) is 0 Å². The lowest BCUT2D eigenvalue weighted by Crippen LogP contribution is -1.99. The van der Waals surface area contributed by atoms with Crippen LogP contribution in [0.15, 0.2) is 66.7 Å². The Balaban J connectivity index is 2.21. The fourth-order valence-corrected chi connectivity index (χ4v) is 4.05. The Kier molecular flexibility index (Phi) is 8.02. The molecule has 0 N–H and O–H groups in total. The molecule has 0 bridgehead atoms. The highest BCUT2D eigenvalue weighted by Crippen LogP contribution is 2.39. The molecule has 0 heterocycles. The molecule has 150 valence electrons. The van der Waals surface area contributed by atoms with Crippen LogP contribution < -0.4 is 4.52 Å². The molecule has 3 aromatic rings. The fourth-order valence-electron chi connectivity index (χ4n) is 3.85. The quantitative estimate of drug-likeness (QED) is 0.318. The van der Waals surface area contributed by atoms with Crippen LogP contribution in [0.5, 0.6) is 5.75 Å². The zero-order valence-corrected chi connectivity index (χ0v) is 18.3. The number of unbranched alkanes of at least 4 members (excludes halogenated alkanes) is 2. The summed E-state index contributed by atoms with van der Waals surface area (Å²) in [4.78, 5) is 0. The minimum absolute atomic E-state index is 0.332. The lowest BCUT2D eigenvalue weighted by molar-refractivity contribution is 0.525. The molecule has 0 aromatic heterocycles. The van der Waals surface area contributed by atoms with Gasteiger partial charge in [0.15, 0.2) is 0 Å². The molecule has 0 aliphatic carbocycles. The zero-order chi connectivity index (χ0) is 20.5. The van der Waals surface area contributed by atoms with Gasteiger partial charge in [-0.05, 0) is 71.2 Å². The third-order valence-corrected chi connectivity index (χ3v) is 5.61. The topological polar surface area (TPSA) is 26.3 Å². The fraction of sp³-hybridized carbons (Fsp3) is 0.308. The van der Waals surface area contributed by atoms with Crippen LogP contribution in [0.2, 0.25) is 0 Å². The second-order valence-electron chi connectivity index (χ2n) is 7.40. The van der Waals surface area contributed by atoms with Crippen molar-refractivity contribution in [2.24, 2.45) is 0 Å². The van der Waals surface area contributed by atoms with Crippen LogP contribution in [0.3, 0.4) is 0 Å². The number of hydrogen-bond donors (Lipinski definition) is 0. The normalized spacial score (nSPS) is 11.0. The van der Waals surface area contributed by atoms with Crippen molar-refractivity contribution in [1.29, 1.82) is 0 Å². The van der Waals surface area contributed by atoms with E-state index in [1.54, 1.807) is 0 Å². The summed E-state index contributed by atoms with van der Waals surface area (Å²) in [6.45, 7) is 4.48. The van der Waals surface area contributed by atoms with E-state index in [4.69, 9.17) is 4.52 Å². The van der Waals surface area contributed by atoms with Gasteiger partial charge in [0, 0.05) is 0 Å². The molecular weight excluding hydrogens is 375 g/mol. The first kappa shape index (κ1) is 21.3. The van der Waals surface area contributed by atoms with Crippen molar-refractivity contribution in [3.8, 4) is 28.0 Å². The van der Waals surface area contributed by atoms with E-state index >= 15 is 0 Å². The van der Waals surface area contributed by atoms with Gasteiger partial charge in [-0.15, -0.1) is 0 Å². The van der Waals surface area contributed by atoms with E-state index < -0.39 is 0 Å². The van der Waals surface area contributed by atoms with E-state index in [1.807, 2.05) is 18.2 Å². The summed E-state index contributed by atoms with van der Waals surface area (Å²) in [5.74, 6) is 0.616. The van der Waals surface area contributed by atoms with Gasteiger partial charge in [-0.25, -0.2) is 4.57 Å². The van der Waals surface area contributed by atoms with Crippen LogP contribution in [0.4, 0.5) is 0 Å². The van der Waals surface area contributed by atoms with E-state index in [0.717, 1.165) is 24.0 Å². The Morgan fingerprint density at radius 1 is 0.759 bits per heavy atom. The van der Waals surface area contributed by atoms with Crippen LogP contribution in [0.1, 0.15) is 50.7 Å². The van der Waals surface area contributed by atoms with Gasteiger partial charge in [0.05, 0.1) is 0 Å². The third-order valence-electron chi connectivity index (χ3n) is 5.32. The molecule has 0 amide bonds. The minimum atomic E-state index is -0.332. The summed E-state index contributed by atoms with van der Waals surface area (Å²) in [5, 5.41) is 0. The van der Waals surface area contributed by atoms with E-state index in [9.17, 15) is 4.57 Å². The van der Waals surface area contributed by atoms with Crippen molar-refractivity contribution in [2.75, 3.05) is 0 Å². The Labute approximate surface area is 176 Å². The number of rotatable bonds is 10. The predicted molar refractivity (Wildman–Crippen MR) is 123 cm³/mol. The average molecular weight is 404 g/mol. The lowest BCUT2D eigenvalue weighted by atomic mass is 9.85. The molecule has 29 heavy (non-hydrogen) atoms. The first-order valence-electron chi connectivity index (χ1n) is 10.6. The number of aryl methyl sites for hydroxylation is 2. The summed E-state index contributed by atoms with van der Waals surface area (Å²) in [6.07, 6.45) is 6.89. The maximum absolute atomic E-state index is 11.0. The molecule has 0 radical (unpaired) electrons. The molecule has 0 spiro atoms. The Hall–Kier alpha value is -2.44. The Morgan fingerprint density at radius 2 is 1.41 bits per heavy atom. The molecule has 0 fully saturated rings. The number of hydrogen-bond acceptors (Lipinski definition) is 2. The molecule has 2 nitrogen and oxygen atoms in total. The van der Waals surface area contributed by atoms with Crippen molar-refractivity contribution in [2.45, 2.75) is 52.4 Å². The molecule has 0 aliphatic rings. The molecule has 0 aliphatic heterocycles. The SMILES string of the molecule is CCCCc1cccc(CCCC)c1-c1ccc(OP=O)cc1-c1ccccc1. The standard InChI is InChI=1S/C26H29O2P/c1-3-5-11-21-15-10-16-22(12-6-4-2)26(21)24-18-17-23(28-29-27)19-25(24)20-13-8-7-9-14-20/h7-10,13-19H,3-6,11-12H2,1-2H3. The van der Waals surface area contributed by atoms with Gasteiger partial charge in [0.2, 0.25) is 0 Å². The van der Waals surface area contributed by atoms with Crippen molar-refractivity contribution in [3.05, 3.63) is 77.9 Å². The summed E-state index contributed by atoms with van der Waals surface area (Å²) in [7, 11) is -0.332. The van der Waals surface area contributed by atoms with Crippen LogP contribution >= 0.6 is 8.69 Å². The van der Waals surface area contributed by atoms with Gasteiger partial charge in [0.1, 0.15) is 5.75 Å². The van der Waals surface area contributed by atoms with E-state index in [0.29, 0.717) is 5.75 Å². The van der Waals surface area contributed by atoms with Gasteiger partial charge in [0.25, 0.3) is 0 Å². The van der Waals surface area contributed by atoms with Crippen LogP contribution in [0.25, 0.3) is 22.3 Å². The molecule has 0 unspecified atom stereocenters. The highest BCUT2D eigenvalue weighted by molar-refractivity contribution is 7.17. The molecule has 3 aromatic carbocycles. The summed E-state index contributed by atoms with van der Waals surface area (Å²) >= 11 is 0.